The number of carbonyl (C=O) groups is 2. The summed E-state index contributed by atoms with van der Waals surface area (Å²) in [7, 11) is 0. The smallest absolute Gasteiger partial charge is 0.258 e. The Hall–Kier alpha value is -1.56. The summed E-state index contributed by atoms with van der Waals surface area (Å²) in [4.78, 5) is 25.0. The summed E-state index contributed by atoms with van der Waals surface area (Å²) < 4.78 is 0.699. The van der Waals surface area contributed by atoms with Gasteiger partial charge in [-0.05, 0) is 24.6 Å². The van der Waals surface area contributed by atoms with Crippen molar-refractivity contribution in [3.8, 4) is 5.75 Å². The number of nitrogens with zero attached hydrogens (tertiary/aromatic N) is 1. The fraction of sp³-hybridized carbons (Fsp3) is 0.333. The van der Waals surface area contributed by atoms with Crippen LogP contribution in [0.3, 0.4) is 0 Å². The Morgan fingerprint density at radius 2 is 2.22 bits per heavy atom. The lowest BCUT2D eigenvalue weighted by molar-refractivity contribution is -0.121. The van der Waals surface area contributed by atoms with E-state index in [1.54, 1.807) is 12.1 Å². The van der Waals surface area contributed by atoms with Crippen LogP contribution in [0, 0.1) is 0 Å². The van der Waals surface area contributed by atoms with Gasteiger partial charge < -0.3 is 15.3 Å². The second kappa shape index (κ2) is 5.39. The third-order valence-electron chi connectivity index (χ3n) is 2.74. The standard InChI is InChI=1S/C12H13BrN2O3/c13-8-2-3-9(10(16)6-8)12(18)15-5-1-4-14-11(17)7-15/h2-3,6,16H,1,4-5,7H2,(H,14,17). The number of amides is 2. The lowest BCUT2D eigenvalue weighted by Gasteiger charge is -2.19. The molecule has 0 unspecified atom stereocenters. The predicted molar refractivity (Wildman–Crippen MR) is 69.3 cm³/mol. The number of rotatable bonds is 1. The second-order valence-corrected chi connectivity index (χ2v) is 5.01. The molecule has 0 aromatic heterocycles. The Balaban J connectivity index is 2.21. The summed E-state index contributed by atoms with van der Waals surface area (Å²) in [6.07, 6.45) is 0.717. The first kappa shape index (κ1) is 12.9. The highest BCUT2D eigenvalue weighted by molar-refractivity contribution is 9.10. The molecule has 0 saturated carbocycles. The van der Waals surface area contributed by atoms with Crippen LogP contribution in [0.25, 0.3) is 0 Å². The van der Waals surface area contributed by atoms with Crippen molar-refractivity contribution in [2.24, 2.45) is 0 Å². The number of aromatic hydroxyl groups is 1. The third-order valence-corrected chi connectivity index (χ3v) is 3.23. The third kappa shape index (κ3) is 2.81. The minimum atomic E-state index is -0.322. The van der Waals surface area contributed by atoms with E-state index in [4.69, 9.17) is 0 Å². The summed E-state index contributed by atoms with van der Waals surface area (Å²) in [6.45, 7) is 1.12. The molecular formula is C12H13BrN2O3. The Kier molecular flexibility index (Phi) is 3.86. The molecule has 18 heavy (non-hydrogen) atoms. The molecule has 1 saturated heterocycles. The number of hydrogen-bond donors (Lipinski definition) is 2. The van der Waals surface area contributed by atoms with Crippen LogP contribution in [0.5, 0.6) is 5.75 Å². The van der Waals surface area contributed by atoms with E-state index in [9.17, 15) is 14.7 Å². The zero-order valence-corrected chi connectivity index (χ0v) is 11.2. The van der Waals surface area contributed by atoms with Crippen LogP contribution in [0.2, 0.25) is 0 Å². The quantitative estimate of drug-likeness (QED) is 0.816. The average molecular weight is 313 g/mol. The Morgan fingerprint density at radius 1 is 1.44 bits per heavy atom. The van der Waals surface area contributed by atoms with Gasteiger partial charge >= 0.3 is 0 Å². The number of carbonyl (C=O) groups excluding carboxylic acids is 2. The van der Waals surface area contributed by atoms with Crippen LogP contribution in [-0.2, 0) is 4.79 Å². The van der Waals surface area contributed by atoms with E-state index in [2.05, 4.69) is 21.2 Å². The van der Waals surface area contributed by atoms with Gasteiger partial charge in [-0.2, -0.15) is 0 Å². The summed E-state index contributed by atoms with van der Waals surface area (Å²) in [5.74, 6) is -0.575. The molecule has 1 aromatic carbocycles. The molecule has 0 aliphatic carbocycles. The molecule has 1 aliphatic heterocycles. The Morgan fingerprint density at radius 3 is 2.94 bits per heavy atom. The minimum Gasteiger partial charge on any atom is -0.507 e. The molecule has 2 rings (SSSR count). The van der Waals surface area contributed by atoms with E-state index < -0.39 is 0 Å². The molecule has 1 fully saturated rings. The van der Waals surface area contributed by atoms with Crippen molar-refractivity contribution in [3.63, 3.8) is 0 Å². The number of phenols is 1. The molecular weight excluding hydrogens is 300 g/mol. The monoisotopic (exact) mass is 312 g/mol. The van der Waals surface area contributed by atoms with Crippen molar-refractivity contribution >= 4 is 27.7 Å². The maximum absolute atomic E-state index is 12.2. The molecule has 5 nitrogen and oxygen atoms in total. The second-order valence-electron chi connectivity index (χ2n) is 4.09. The highest BCUT2D eigenvalue weighted by Gasteiger charge is 2.22. The molecule has 0 atom stereocenters. The number of nitrogens with one attached hydrogen (secondary N) is 1. The highest BCUT2D eigenvalue weighted by atomic mass is 79.9. The topological polar surface area (TPSA) is 69.6 Å². The van der Waals surface area contributed by atoms with E-state index in [0.717, 1.165) is 6.42 Å². The molecule has 1 aromatic rings. The molecule has 0 spiro atoms. The van der Waals surface area contributed by atoms with Gasteiger partial charge in [0.25, 0.3) is 5.91 Å². The average Bonchev–Trinajstić information content (AvgIpc) is 2.53. The number of benzene rings is 1. The zero-order valence-electron chi connectivity index (χ0n) is 9.65. The van der Waals surface area contributed by atoms with E-state index in [0.29, 0.717) is 17.6 Å². The van der Waals surface area contributed by atoms with Gasteiger partial charge in [0, 0.05) is 17.6 Å². The number of hydrogen-bond acceptors (Lipinski definition) is 3. The summed E-state index contributed by atoms with van der Waals surface area (Å²) in [6, 6.07) is 4.69. The van der Waals surface area contributed by atoms with Gasteiger partial charge in [-0.25, -0.2) is 0 Å². The molecule has 2 N–H and O–H groups in total. The highest BCUT2D eigenvalue weighted by Crippen LogP contribution is 2.23. The van der Waals surface area contributed by atoms with Gasteiger partial charge in [-0.3, -0.25) is 9.59 Å². The van der Waals surface area contributed by atoms with Gasteiger partial charge in [-0.1, -0.05) is 15.9 Å². The largest absolute Gasteiger partial charge is 0.507 e. The lowest BCUT2D eigenvalue weighted by Crippen LogP contribution is -2.37. The molecule has 0 radical (unpaired) electrons. The molecule has 96 valence electrons. The van der Waals surface area contributed by atoms with E-state index >= 15 is 0 Å². The normalized spacial score (nSPS) is 16.1. The van der Waals surface area contributed by atoms with Crippen molar-refractivity contribution in [2.45, 2.75) is 6.42 Å². The Bertz CT molecular complexity index is 490. The van der Waals surface area contributed by atoms with Crippen LogP contribution in [0.15, 0.2) is 22.7 Å². The van der Waals surface area contributed by atoms with Crippen molar-refractivity contribution in [2.75, 3.05) is 19.6 Å². The van der Waals surface area contributed by atoms with Crippen molar-refractivity contribution in [3.05, 3.63) is 28.2 Å². The van der Waals surface area contributed by atoms with Crippen molar-refractivity contribution in [1.82, 2.24) is 10.2 Å². The van der Waals surface area contributed by atoms with E-state index in [-0.39, 0.29) is 29.7 Å². The van der Waals surface area contributed by atoms with Crippen molar-refractivity contribution < 1.29 is 14.7 Å². The molecule has 0 bridgehead atoms. The van der Waals surface area contributed by atoms with Gasteiger partial charge in [-0.15, -0.1) is 0 Å². The van der Waals surface area contributed by atoms with Crippen LogP contribution < -0.4 is 5.32 Å². The van der Waals surface area contributed by atoms with E-state index in [1.165, 1.54) is 11.0 Å². The van der Waals surface area contributed by atoms with Crippen LogP contribution in [0.1, 0.15) is 16.8 Å². The van der Waals surface area contributed by atoms with Crippen LogP contribution in [-0.4, -0.2) is 41.5 Å². The van der Waals surface area contributed by atoms with Crippen LogP contribution >= 0.6 is 15.9 Å². The van der Waals surface area contributed by atoms with E-state index in [1.807, 2.05) is 0 Å². The summed E-state index contributed by atoms with van der Waals surface area (Å²) in [5.41, 5.74) is 0.216. The first-order valence-electron chi connectivity index (χ1n) is 5.62. The lowest BCUT2D eigenvalue weighted by atomic mass is 10.1. The first-order chi connectivity index (χ1) is 8.58. The summed E-state index contributed by atoms with van der Waals surface area (Å²) in [5, 5.41) is 12.5. The van der Waals surface area contributed by atoms with Gasteiger partial charge in [0.15, 0.2) is 0 Å². The SMILES string of the molecule is O=C1CN(C(=O)c2ccc(Br)cc2O)CCCN1. The number of phenolic OH excluding ortho intramolecular Hbond substituents is 1. The van der Waals surface area contributed by atoms with Gasteiger partial charge in [0.05, 0.1) is 12.1 Å². The summed E-state index contributed by atoms with van der Waals surface area (Å²) >= 11 is 3.21. The predicted octanol–water partition coefficient (Wildman–Crippen LogP) is 1.12. The van der Waals surface area contributed by atoms with Crippen molar-refractivity contribution in [1.29, 1.82) is 0 Å². The minimum absolute atomic E-state index is 0.0360. The van der Waals surface area contributed by atoms with Crippen LogP contribution in [0.4, 0.5) is 0 Å². The molecule has 2 amide bonds. The maximum atomic E-state index is 12.2. The fourth-order valence-corrected chi connectivity index (χ4v) is 2.18. The maximum Gasteiger partial charge on any atom is 0.258 e. The molecule has 1 heterocycles. The zero-order chi connectivity index (χ0) is 13.1. The van der Waals surface area contributed by atoms with Gasteiger partial charge in [0.1, 0.15) is 5.75 Å². The number of halogens is 1. The first-order valence-corrected chi connectivity index (χ1v) is 6.42. The van der Waals surface area contributed by atoms with Gasteiger partial charge in [0.2, 0.25) is 5.91 Å². The molecule has 1 aliphatic rings. The Labute approximate surface area is 113 Å². The molecule has 6 heteroatoms. The fourth-order valence-electron chi connectivity index (χ4n) is 1.84.